The molecule has 3 nitrogen and oxygen atoms in total. The van der Waals surface area contributed by atoms with E-state index >= 15 is 0 Å². The molecular weight excluding hydrogens is 212 g/mol. The van der Waals surface area contributed by atoms with Crippen molar-refractivity contribution in [3.63, 3.8) is 0 Å². The summed E-state index contributed by atoms with van der Waals surface area (Å²) in [6.45, 7) is 0.625. The van der Waals surface area contributed by atoms with Gasteiger partial charge < -0.3 is 9.67 Å². The van der Waals surface area contributed by atoms with Gasteiger partial charge in [0.2, 0.25) is 0 Å². The summed E-state index contributed by atoms with van der Waals surface area (Å²) in [5.41, 5.74) is 1.81. The van der Waals surface area contributed by atoms with Gasteiger partial charge in [-0.3, -0.25) is 0 Å². The summed E-state index contributed by atoms with van der Waals surface area (Å²) in [6, 6.07) is 7.65. The molecule has 4 heteroatoms. The molecular formula is C11H11ClN2O. The SMILES string of the molecule is OCc1cncn1Cc1ccccc1Cl. The van der Waals surface area contributed by atoms with Gasteiger partial charge >= 0.3 is 0 Å². The fraction of sp³-hybridized carbons (Fsp3) is 0.182. The van der Waals surface area contributed by atoms with Crippen molar-refractivity contribution in [2.24, 2.45) is 0 Å². The average molecular weight is 223 g/mol. The Morgan fingerprint density at radius 2 is 2.13 bits per heavy atom. The van der Waals surface area contributed by atoms with Gasteiger partial charge in [0.15, 0.2) is 0 Å². The van der Waals surface area contributed by atoms with E-state index in [1.54, 1.807) is 12.5 Å². The van der Waals surface area contributed by atoms with E-state index in [0.717, 1.165) is 16.3 Å². The summed E-state index contributed by atoms with van der Waals surface area (Å²) < 4.78 is 1.88. The molecule has 2 aromatic rings. The zero-order valence-corrected chi connectivity index (χ0v) is 8.85. The first-order valence-electron chi connectivity index (χ1n) is 4.64. The number of imidazole rings is 1. The lowest BCUT2D eigenvalue weighted by Crippen LogP contribution is -2.03. The van der Waals surface area contributed by atoms with Crippen molar-refractivity contribution >= 4 is 11.6 Å². The van der Waals surface area contributed by atoms with Gasteiger partial charge in [0.05, 0.1) is 31.4 Å². The highest BCUT2D eigenvalue weighted by atomic mass is 35.5. The minimum Gasteiger partial charge on any atom is -0.390 e. The molecule has 0 radical (unpaired) electrons. The second-order valence-corrected chi connectivity index (χ2v) is 3.67. The molecule has 2 rings (SSSR count). The minimum absolute atomic E-state index is 0.00947. The van der Waals surface area contributed by atoms with Crippen molar-refractivity contribution in [3.8, 4) is 0 Å². The molecule has 0 amide bonds. The predicted molar refractivity (Wildman–Crippen MR) is 58.7 cm³/mol. The first-order chi connectivity index (χ1) is 7.31. The number of benzene rings is 1. The summed E-state index contributed by atoms with van der Waals surface area (Å²) in [5.74, 6) is 0. The summed E-state index contributed by atoms with van der Waals surface area (Å²) in [4.78, 5) is 3.98. The first-order valence-corrected chi connectivity index (χ1v) is 5.02. The molecule has 0 unspecified atom stereocenters. The number of rotatable bonds is 3. The molecule has 1 heterocycles. The van der Waals surface area contributed by atoms with Crippen LogP contribution in [0.4, 0.5) is 0 Å². The molecule has 1 N–H and O–H groups in total. The zero-order valence-electron chi connectivity index (χ0n) is 8.10. The highest BCUT2D eigenvalue weighted by Gasteiger charge is 2.03. The number of hydrogen-bond acceptors (Lipinski definition) is 2. The number of nitrogens with zero attached hydrogens (tertiary/aromatic N) is 2. The number of aliphatic hydroxyl groups excluding tert-OH is 1. The largest absolute Gasteiger partial charge is 0.390 e. The number of aromatic nitrogens is 2. The third kappa shape index (κ3) is 2.19. The van der Waals surface area contributed by atoms with E-state index in [0.29, 0.717) is 6.54 Å². The van der Waals surface area contributed by atoms with Crippen molar-refractivity contribution < 1.29 is 5.11 Å². The monoisotopic (exact) mass is 222 g/mol. The molecule has 15 heavy (non-hydrogen) atoms. The van der Waals surface area contributed by atoms with E-state index < -0.39 is 0 Å². The molecule has 0 aliphatic heterocycles. The van der Waals surface area contributed by atoms with Crippen LogP contribution < -0.4 is 0 Å². The quantitative estimate of drug-likeness (QED) is 0.864. The highest BCUT2D eigenvalue weighted by Crippen LogP contribution is 2.16. The molecule has 1 aromatic carbocycles. The fourth-order valence-electron chi connectivity index (χ4n) is 1.43. The maximum Gasteiger partial charge on any atom is 0.0952 e. The van der Waals surface area contributed by atoms with Crippen LogP contribution in [0.1, 0.15) is 11.3 Å². The Kier molecular flexibility index (Phi) is 3.04. The maximum atomic E-state index is 9.06. The van der Waals surface area contributed by atoms with Gasteiger partial charge in [-0.15, -0.1) is 0 Å². The Morgan fingerprint density at radius 3 is 2.87 bits per heavy atom. The van der Waals surface area contributed by atoms with Gasteiger partial charge in [-0.05, 0) is 11.6 Å². The normalized spacial score (nSPS) is 10.5. The third-order valence-corrected chi connectivity index (χ3v) is 2.63. The maximum absolute atomic E-state index is 9.06. The van der Waals surface area contributed by atoms with Crippen LogP contribution in [0.25, 0.3) is 0 Å². The number of hydrogen-bond donors (Lipinski definition) is 1. The van der Waals surface area contributed by atoms with Crippen LogP contribution in [0, 0.1) is 0 Å². The van der Waals surface area contributed by atoms with Crippen LogP contribution in [0.2, 0.25) is 5.02 Å². The van der Waals surface area contributed by atoms with E-state index in [4.69, 9.17) is 16.7 Å². The smallest absolute Gasteiger partial charge is 0.0952 e. The van der Waals surface area contributed by atoms with Crippen molar-refractivity contribution in [2.75, 3.05) is 0 Å². The van der Waals surface area contributed by atoms with Crippen molar-refractivity contribution in [1.29, 1.82) is 0 Å². The van der Waals surface area contributed by atoms with E-state index in [9.17, 15) is 0 Å². The zero-order chi connectivity index (χ0) is 10.7. The van der Waals surface area contributed by atoms with Crippen molar-refractivity contribution in [1.82, 2.24) is 9.55 Å². The van der Waals surface area contributed by atoms with Crippen LogP contribution in [0.3, 0.4) is 0 Å². The van der Waals surface area contributed by atoms with E-state index in [1.807, 2.05) is 28.8 Å². The summed E-state index contributed by atoms with van der Waals surface area (Å²) >= 11 is 6.04. The van der Waals surface area contributed by atoms with Crippen LogP contribution in [0.5, 0.6) is 0 Å². The van der Waals surface area contributed by atoms with E-state index in [-0.39, 0.29) is 6.61 Å². The van der Waals surface area contributed by atoms with Gasteiger partial charge in [0, 0.05) is 5.02 Å². The van der Waals surface area contributed by atoms with Crippen molar-refractivity contribution in [3.05, 3.63) is 53.1 Å². The Labute approximate surface area is 93.0 Å². The van der Waals surface area contributed by atoms with Gasteiger partial charge in [-0.25, -0.2) is 4.98 Å². The van der Waals surface area contributed by atoms with Gasteiger partial charge in [-0.2, -0.15) is 0 Å². The van der Waals surface area contributed by atoms with Crippen molar-refractivity contribution in [2.45, 2.75) is 13.2 Å². The predicted octanol–water partition coefficient (Wildman–Crippen LogP) is 2.08. The molecule has 0 fully saturated rings. The average Bonchev–Trinajstić information content (AvgIpc) is 2.69. The lowest BCUT2D eigenvalue weighted by molar-refractivity contribution is 0.271. The van der Waals surface area contributed by atoms with Gasteiger partial charge in [0.25, 0.3) is 0 Å². The Morgan fingerprint density at radius 1 is 1.33 bits per heavy atom. The van der Waals surface area contributed by atoms with Crippen LogP contribution in [0.15, 0.2) is 36.8 Å². The summed E-state index contributed by atoms with van der Waals surface area (Å²) in [5, 5.41) is 9.79. The molecule has 0 atom stereocenters. The minimum atomic E-state index is -0.00947. The lowest BCUT2D eigenvalue weighted by Gasteiger charge is -2.07. The molecule has 0 saturated carbocycles. The van der Waals surface area contributed by atoms with Gasteiger partial charge in [-0.1, -0.05) is 29.8 Å². The second-order valence-electron chi connectivity index (χ2n) is 3.26. The third-order valence-electron chi connectivity index (χ3n) is 2.26. The molecule has 0 aliphatic carbocycles. The molecule has 0 spiro atoms. The first kappa shape index (κ1) is 10.2. The van der Waals surface area contributed by atoms with Crippen LogP contribution in [-0.2, 0) is 13.2 Å². The Hall–Kier alpha value is -1.32. The molecule has 0 bridgehead atoms. The standard InChI is InChI=1S/C11H11ClN2O/c12-11-4-2-1-3-9(11)6-14-8-13-5-10(14)7-15/h1-5,8,15H,6-7H2. The Balaban J connectivity index is 2.26. The molecule has 0 saturated heterocycles. The van der Waals surface area contributed by atoms with Crippen LogP contribution in [-0.4, -0.2) is 14.7 Å². The molecule has 1 aromatic heterocycles. The highest BCUT2D eigenvalue weighted by molar-refractivity contribution is 6.31. The van der Waals surface area contributed by atoms with Gasteiger partial charge in [0.1, 0.15) is 0 Å². The number of halogens is 1. The molecule has 78 valence electrons. The number of aliphatic hydroxyl groups is 1. The molecule has 0 aliphatic rings. The van der Waals surface area contributed by atoms with E-state index in [2.05, 4.69) is 4.98 Å². The fourth-order valence-corrected chi connectivity index (χ4v) is 1.63. The second kappa shape index (κ2) is 4.47. The topological polar surface area (TPSA) is 38.1 Å². The Bertz CT molecular complexity index is 453. The summed E-state index contributed by atoms with van der Waals surface area (Å²) in [7, 11) is 0. The lowest BCUT2D eigenvalue weighted by atomic mass is 10.2. The van der Waals surface area contributed by atoms with E-state index in [1.165, 1.54) is 0 Å². The summed E-state index contributed by atoms with van der Waals surface area (Å²) in [6.07, 6.45) is 3.34. The van der Waals surface area contributed by atoms with Crippen LogP contribution >= 0.6 is 11.6 Å².